The van der Waals surface area contributed by atoms with Gasteiger partial charge in [-0.2, -0.15) is 0 Å². The molecule has 0 N–H and O–H groups in total. The van der Waals surface area contributed by atoms with E-state index < -0.39 is 0 Å². The molecule has 0 bridgehead atoms. The topological polar surface area (TPSA) is 88.8 Å². The van der Waals surface area contributed by atoms with Crippen molar-refractivity contribution >= 4 is 29.0 Å². The van der Waals surface area contributed by atoms with E-state index in [1.54, 1.807) is 19.2 Å². The maximum atomic E-state index is 12.9. The van der Waals surface area contributed by atoms with E-state index in [4.69, 9.17) is 9.15 Å². The molecule has 0 aliphatic carbocycles. The number of esters is 1. The molecule has 0 unspecified atom stereocenters. The van der Waals surface area contributed by atoms with Crippen LogP contribution in [0.25, 0.3) is 10.8 Å². The van der Waals surface area contributed by atoms with E-state index in [9.17, 15) is 9.59 Å². The molecule has 0 saturated carbocycles. The van der Waals surface area contributed by atoms with Gasteiger partial charge in [0.25, 0.3) is 0 Å². The van der Waals surface area contributed by atoms with Crippen molar-refractivity contribution in [1.29, 1.82) is 0 Å². The fourth-order valence-electron chi connectivity index (χ4n) is 3.62. The Morgan fingerprint density at radius 1 is 1.16 bits per heavy atom. The lowest BCUT2D eigenvalue weighted by Crippen LogP contribution is -2.36. The number of rotatable bonds is 6. The molecule has 1 aliphatic rings. The predicted octanol–water partition coefficient (Wildman–Crippen LogP) is 3.56. The summed E-state index contributed by atoms with van der Waals surface area (Å²) in [5, 5.41) is 2.71. The third-order valence-electron chi connectivity index (χ3n) is 5.27. The second-order valence-electron chi connectivity index (χ2n) is 7.58. The zero-order valence-corrected chi connectivity index (χ0v) is 19.1. The fourth-order valence-corrected chi connectivity index (χ4v) is 4.40. The van der Waals surface area contributed by atoms with Gasteiger partial charge in [0.05, 0.1) is 24.3 Å². The minimum atomic E-state index is -0.369. The highest BCUT2D eigenvalue weighted by Crippen LogP contribution is 2.26. The van der Waals surface area contributed by atoms with Gasteiger partial charge in [-0.3, -0.25) is 4.79 Å². The van der Waals surface area contributed by atoms with E-state index in [1.165, 1.54) is 11.3 Å². The lowest BCUT2D eigenvalue weighted by molar-refractivity contribution is -0.130. The number of ether oxygens (including phenoxy) is 1. The number of thiazole rings is 1. The van der Waals surface area contributed by atoms with Crippen LogP contribution in [0.4, 0.5) is 5.82 Å². The lowest BCUT2D eigenvalue weighted by atomic mass is 10.2. The molecule has 4 rings (SSSR count). The minimum absolute atomic E-state index is 0.0740. The molecular weight excluding hydrogens is 428 g/mol. The fraction of sp³-hybridized carbons (Fsp3) is 0.391. The molecule has 0 radical (unpaired) electrons. The maximum Gasteiger partial charge on any atom is 0.339 e. The first-order valence-electron chi connectivity index (χ1n) is 10.7. The van der Waals surface area contributed by atoms with Crippen LogP contribution in [0.2, 0.25) is 0 Å². The van der Waals surface area contributed by atoms with Gasteiger partial charge in [0, 0.05) is 37.8 Å². The molecule has 1 aliphatic heterocycles. The van der Waals surface area contributed by atoms with Crippen LogP contribution in [0.1, 0.15) is 35.2 Å². The predicted molar refractivity (Wildman–Crippen MR) is 122 cm³/mol. The van der Waals surface area contributed by atoms with Gasteiger partial charge in [-0.15, -0.1) is 11.3 Å². The van der Waals surface area contributed by atoms with Crippen LogP contribution in [0, 0.1) is 6.92 Å². The molecule has 32 heavy (non-hydrogen) atoms. The largest absolute Gasteiger partial charge is 0.462 e. The van der Waals surface area contributed by atoms with Gasteiger partial charge in [0.1, 0.15) is 11.6 Å². The van der Waals surface area contributed by atoms with Crippen LogP contribution in [0.3, 0.4) is 0 Å². The molecule has 0 spiro atoms. The number of hydrogen-bond acceptors (Lipinski definition) is 8. The van der Waals surface area contributed by atoms with Crippen LogP contribution in [-0.4, -0.2) is 59.5 Å². The quantitative estimate of drug-likeness (QED) is 0.526. The van der Waals surface area contributed by atoms with Gasteiger partial charge in [0.15, 0.2) is 10.8 Å². The summed E-state index contributed by atoms with van der Waals surface area (Å²) in [5.41, 5.74) is 1.20. The van der Waals surface area contributed by atoms with Crippen molar-refractivity contribution in [3.8, 4) is 10.8 Å². The summed E-state index contributed by atoms with van der Waals surface area (Å²) >= 11 is 1.49. The Labute approximate surface area is 190 Å². The first-order chi connectivity index (χ1) is 15.5. The second-order valence-corrected chi connectivity index (χ2v) is 8.44. The van der Waals surface area contributed by atoms with Gasteiger partial charge in [-0.25, -0.2) is 14.8 Å². The van der Waals surface area contributed by atoms with Crippen LogP contribution in [-0.2, 0) is 16.0 Å². The molecule has 0 atom stereocenters. The monoisotopic (exact) mass is 454 g/mol. The normalized spacial score (nSPS) is 14.3. The average molecular weight is 455 g/mol. The lowest BCUT2D eigenvalue weighted by Gasteiger charge is -2.22. The summed E-state index contributed by atoms with van der Waals surface area (Å²) < 4.78 is 10.6. The summed E-state index contributed by atoms with van der Waals surface area (Å²) in [7, 11) is 0. The van der Waals surface area contributed by atoms with Gasteiger partial charge in [-0.1, -0.05) is 0 Å². The first-order valence-corrected chi connectivity index (χ1v) is 11.6. The van der Waals surface area contributed by atoms with E-state index in [0.717, 1.165) is 41.0 Å². The number of furan rings is 1. The van der Waals surface area contributed by atoms with Crippen molar-refractivity contribution in [3.63, 3.8) is 0 Å². The number of nitrogens with zero attached hydrogens (tertiary/aromatic N) is 4. The van der Waals surface area contributed by atoms with Crippen molar-refractivity contribution in [1.82, 2.24) is 14.9 Å². The molecule has 3 aromatic heterocycles. The Kier molecular flexibility index (Phi) is 6.84. The van der Waals surface area contributed by atoms with Crippen LogP contribution < -0.4 is 4.90 Å². The summed E-state index contributed by atoms with van der Waals surface area (Å²) in [5.74, 6) is 2.08. The molecular formula is C23H26N4O4S. The van der Waals surface area contributed by atoms with Crippen molar-refractivity contribution in [3.05, 3.63) is 52.9 Å². The van der Waals surface area contributed by atoms with E-state index in [-0.39, 0.29) is 18.3 Å². The summed E-state index contributed by atoms with van der Waals surface area (Å²) in [4.78, 5) is 37.7. The van der Waals surface area contributed by atoms with Gasteiger partial charge < -0.3 is 19.0 Å². The maximum absolute atomic E-state index is 12.9. The van der Waals surface area contributed by atoms with Crippen molar-refractivity contribution < 1.29 is 18.7 Å². The Morgan fingerprint density at radius 2 is 2.03 bits per heavy atom. The molecule has 0 aromatic carbocycles. The summed E-state index contributed by atoms with van der Waals surface area (Å²) in [6, 6.07) is 7.37. The van der Waals surface area contributed by atoms with Crippen molar-refractivity contribution in [2.24, 2.45) is 0 Å². The molecule has 9 heteroatoms. The minimum Gasteiger partial charge on any atom is -0.462 e. The van der Waals surface area contributed by atoms with E-state index >= 15 is 0 Å². The molecule has 168 valence electrons. The zero-order valence-electron chi connectivity index (χ0n) is 18.2. The molecule has 8 nitrogen and oxygen atoms in total. The van der Waals surface area contributed by atoms with Crippen LogP contribution in [0.5, 0.6) is 0 Å². The van der Waals surface area contributed by atoms with E-state index in [2.05, 4.69) is 14.9 Å². The summed E-state index contributed by atoms with van der Waals surface area (Å²) in [6.07, 6.45) is 2.67. The number of carbonyl (C=O) groups is 2. The number of pyridine rings is 1. The zero-order chi connectivity index (χ0) is 22.5. The molecule has 1 saturated heterocycles. The van der Waals surface area contributed by atoms with Crippen molar-refractivity contribution in [2.75, 3.05) is 37.7 Å². The Bertz CT molecular complexity index is 1080. The van der Waals surface area contributed by atoms with Crippen molar-refractivity contribution in [2.45, 2.75) is 26.7 Å². The Morgan fingerprint density at radius 3 is 2.75 bits per heavy atom. The Hall–Kier alpha value is -3.20. The number of anilines is 1. The average Bonchev–Trinajstić information content (AvgIpc) is 3.35. The smallest absolute Gasteiger partial charge is 0.339 e. The van der Waals surface area contributed by atoms with E-state index in [0.29, 0.717) is 31.8 Å². The SMILES string of the molecule is CCOC(=O)c1ccc(N2CCCN(C(=O)Cc3csc(-c4ccc(C)o4)n3)CC2)nc1. The Balaban J connectivity index is 1.33. The van der Waals surface area contributed by atoms with Gasteiger partial charge >= 0.3 is 5.97 Å². The molecule has 3 aromatic rings. The third-order valence-corrected chi connectivity index (χ3v) is 6.17. The first kappa shape index (κ1) is 22.0. The van der Waals surface area contributed by atoms with Gasteiger partial charge in [-0.05, 0) is 44.5 Å². The standard InChI is InChI=1S/C23H26N4O4S/c1-3-30-23(29)17-6-8-20(24-14-17)26-9-4-10-27(12-11-26)21(28)13-18-15-32-22(25-18)19-7-5-16(2)31-19/h5-8,14-15H,3-4,9-13H2,1-2H3. The third kappa shape index (κ3) is 5.16. The highest BCUT2D eigenvalue weighted by molar-refractivity contribution is 7.13. The number of carbonyl (C=O) groups excluding carboxylic acids is 2. The van der Waals surface area contributed by atoms with Crippen LogP contribution in [0.15, 0.2) is 40.3 Å². The highest BCUT2D eigenvalue weighted by Gasteiger charge is 2.21. The molecule has 1 amide bonds. The number of hydrogen-bond donors (Lipinski definition) is 0. The highest BCUT2D eigenvalue weighted by atomic mass is 32.1. The number of amides is 1. The molecule has 4 heterocycles. The summed E-state index contributed by atoms with van der Waals surface area (Å²) in [6.45, 7) is 6.81. The second kappa shape index (κ2) is 9.95. The van der Waals surface area contributed by atoms with Crippen LogP contribution >= 0.6 is 11.3 Å². The molecule has 1 fully saturated rings. The van der Waals surface area contributed by atoms with Gasteiger partial charge in [0.2, 0.25) is 5.91 Å². The number of aryl methyl sites for hydroxylation is 1. The number of aromatic nitrogens is 2. The van der Waals surface area contributed by atoms with E-state index in [1.807, 2.05) is 35.4 Å².